The summed E-state index contributed by atoms with van der Waals surface area (Å²) >= 11 is 0. The van der Waals surface area contributed by atoms with Crippen molar-refractivity contribution in [1.82, 2.24) is 4.57 Å². The van der Waals surface area contributed by atoms with Crippen molar-refractivity contribution in [3.05, 3.63) is 58.4 Å². The maximum atomic E-state index is 12.7. The summed E-state index contributed by atoms with van der Waals surface area (Å²) in [6, 6.07) is 11.9. The molecule has 0 spiro atoms. The number of carbonyl (C=O) groups excluding carboxylic acids is 2. The van der Waals surface area contributed by atoms with Gasteiger partial charge in [0.2, 0.25) is 0 Å². The highest BCUT2D eigenvalue weighted by Gasteiger charge is 2.21. The molecule has 0 amide bonds. The molecule has 0 fully saturated rings. The lowest BCUT2D eigenvalue weighted by atomic mass is 10.0. The Kier molecular flexibility index (Phi) is 5.68. The van der Waals surface area contributed by atoms with Gasteiger partial charge in [-0.05, 0) is 43.3 Å². The highest BCUT2D eigenvalue weighted by atomic mass is 16.5. The van der Waals surface area contributed by atoms with Crippen LogP contribution >= 0.6 is 0 Å². The molecule has 0 radical (unpaired) electrons. The third-order valence-electron chi connectivity index (χ3n) is 4.62. The molecule has 0 atom stereocenters. The predicted molar refractivity (Wildman–Crippen MR) is 108 cm³/mol. The number of benzene rings is 2. The van der Waals surface area contributed by atoms with Gasteiger partial charge in [-0.3, -0.25) is 9.59 Å². The summed E-state index contributed by atoms with van der Waals surface area (Å²) in [4.78, 5) is 36.2. The first kappa shape index (κ1) is 20.1. The number of carbonyl (C=O) groups is 2. The number of ketones is 2. The minimum Gasteiger partial charge on any atom is -0.506 e. The molecule has 0 aliphatic rings. The van der Waals surface area contributed by atoms with Crippen molar-refractivity contribution in [3.63, 3.8) is 0 Å². The van der Waals surface area contributed by atoms with Crippen LogP contribution in [-0.4, -0.2) is 28.3 Å². The van der Waals surface area contributed by atoms with E-state index in [-0.39, 0.29) is 29.9 Å². The molecular weight excluding hydrogens is 374 g/mol. The molecule has 0 saturated heterocycles. The second-order valence-electron chi connectivity index (χ2n) is 6.67. The van der Waals surface area contributed by atoms with Gasteiger partial charge < -0.3 is 23.9 Å². The van der Waals surface area contributed by atoms with Crippen molar-refractivity contribution in [3.8, 4) is 23.0 Å². The number of hydrogen-bond acceptors (Lipinski definition) is 6. The second kappa shape index (κ2) is 8.18. The predicted octanol–water partition coefficient (Wildman–Crippen LogP) is 3.60. The SMILES string of the molecule is COc1ccc(Oc2ccc3c(O)c(C(=O)CCC(C)=O)c(=O)n(C)c3c2)cc1. The van der Waals surface area contributed by atoms with Crippen molar-refractivity contribution in [2.75, 3.05) is 7.11 Å². The van der Waals surface area contributed by atoms with Gasteiger partial charge in [0.1, 0.15) is 34.3 Å². The lowest BCUT2D eigenvalue weighted by Crippen LogP contribution is -2.25. The molecule has 7 heteroatoms. The third kappa shape index (κ3) is 4.13. The number of methoxy groups -OCH3 is 1. The number of aryl methyl sites for hydroxylation is 1. The number of nitrogens with zero attached hydrogens (tertiary/aromatic N) is 1. The van der Waals surface area contributed by atoms with Crippen LogP contribution in [0.4, 0.5) is 0 Å². The van der Waals surface area contributed by atoms with Gasteiger partial charge in [-0.25, -0.2) is 0 Å². The Bertz CT molecular complexity index is 1140. The van der Waals surface area contributed by atoms with E-state index < -0.39 is 11.3 Å². The molecule has 29 heavy (non-hydrogen) atoms. The molecule has 150 valence electrons. The van der Waals surface area contributed by atoms with Crippen LogP contribution in [0.5, 0.6) is 23.0 Å². The average Bonchev–Trinajstić information content (AvgIpc) is 2.71. The van der Waals surface area contributed by atoms with Crippen molar-refractivity contribution in [1.29, 1.82) is 0 Å². The van der Waals surface area contributed by atoms with Gasteiger partial charge >= 0.3 is 0 Å². The Morgan fingerprint density at radius 3 is 2.24 bits per heavy atom. The maximum absolute atomic E-state index is 12.7. The standard InChI is InChI=1S/C22H21NO6/c1-13(24)4-11-19(25)20-21(26)17-10-9-16(12-18(17)23(2)22(20)27)29-15-7-5-14(28-3)6-8-15/h5-10,12,26H,4,11H2,1-3H3. The first-order chi connectivity index (χ1) is 13.8. The van der Waals surface area contributed by atoms with Crippen molar-refractivity contribution in [2.45, 2.75) is 19.8 Å². The Labute approximate surface area is 167 Å². The fourth-order valence-corrected chi connectivity index (χ4v) is 3.01. The Morgan fingerprint density at radius 2 is 1.62 bits per heavy atom. The van der Waals surface area contributed by atoms with Crippen LogP contribution < -0.4 is 15.0 Å². The molecule has 0 bridgehead atoms. The van der Waals surface area contributed by atoms with E-state index in [1.54, 1.807) is 49.6 Å². The smallest absolute Gasteiger partial charge is 0.265 e. The Morgan fingerprint density at radius 1 is 1.00 bits per heavy atom. The van der Waals surface area contributed by atoms with Gasteiger partial charge in [0, 0.05) is 31.3 Å². The highest BCUT2D eigenvalue weighted by molar-refractivity contribution is 6.04. The van der Waals surface area contributed by atoms with Gasteiger partial charge in [-0.2, -0.15) is 0 Å². The fraction of sp³-hybridized carbons (Fsp3) is 0.227. The number of Topliss-reactive ketones (excluding diaryl/α,β-unsaturated/α-hetero) is 2. The average molecular weight is 395 g/mol. The molecule has 3 aromatic rings. The number of fused-ring (bicyclic) bond motifs is 1. The molecule has 0 saturated carbocycles. The van der Waals surface area contributed by atoms with Crippen LogP contribution in [0.25, 0.3) is 10.9 Å². The minimum absolute atomic E-state index is 0.0219. The number of hydrogen-bond donors (Lipinski definition) is 1. The quantitative estimate of drug-likeness (QED) is 0.614. The summed E-state index contributed by atoms with van der Waals surface area (Å²) in [5, 5.41) is 10.9. The van der Waals surface area contributed by atoms with Crippen LogP contribution in [0.1, 0.15) is 30.1 Å². The monoisotopic (exact) mass is 395 g/mol. The lowest BCUT2D eigenvalue weighted by Gasteiger charge is -2.13. The Hall–Kier alpha value is -3.61. The largest absolute Gasteiger partial charge is 0.506 e. The number of aromatic hydroxyl groups is 1. The van der Waals surface area contributed by atoms with E-state index in [0.29, 0.717) is 28.2 Å². The summed E-state index contributed by atoms with van der Waals surface area (Å²) in [5.41, 5.74) is -0.503. The first-order valence-electron chi connectivity index (χ1n) is 9.02. The van der Waals surface area contributed by atoms with Gasteiger partial charge in [0.25, 0.3) is 5.56 Å². The van der Waals surface area contributed by atoms with Crippen LogP contribution in [-0.2, 0) is 11.8 Å². The van der Waals surface area contributed by atoms with E-state index in [9.17, 15) is 19.5 Å². The summed E-state index contributed by atoms with van der Waals surface area (Å²) in [5.74, 6) is 0.649. The van der Waals surface area contributed by atoms with E-state index >= 15 is 0 Å². The molecule has 1 heterocycles. The molecule has 1 aromatic heterocycles. The molecule has 3 rings (SSSR count). The topological polar surface area (TPSA) is 94.8 Å². The summed E-state index contributed by atoms with van der Waals surface area (Å²) in [6.07, 6.45) is -0.101. The summed E-state index contributed by atoms with van der Waals surface area (Å²) in [7, 11) is 3.09. The maximum Gasteiger partial charge on any atom is 0.265 e. The first-order valence-corrected chi connectivity index (χ1v) is 9.02. The number of rotatable bonds is 7. The van der Waals surface area contributed by atoms with E-state index in [0.717, 1.165) is 0 Å². The fourth-order valence-electron chi connectivity index (χ4n) is 3.01. The minimum atomic E-state index is -0.620. The van der Waals surface area contributed by atoms with E-state index in [1.165, 1.54) is 18.5 Å². The Balaban J connectivity index is 2.00. The molecular formula is C22H21NO6. The zero-order valence-electron chi connectivity index (χ0n) is 16.4. The van der Waals surface area contributed by atoms with E-state index in [1.807, 2.05) is 0 Å². The number of pyridine rings is 1. The lowest BCUT2D eigenvalue weighted by molar-refractivity contribution is -0.116. The molecule has 0 aliphatic carbocycles. The number of aromatic nitrogens is 1. The zero-order valence-corrected chi connectivity index (χ0v) is 16.4. The van der Waals surface area contributed by atoms with Crippen LogP contribution in [0.15, 0.2) is 47.3 Å². The molecule has 0 unspecified atom stereocenters. The normalized spacial score (nSPS) is 10.7. The number of ether oxygens (including phenoxy) is 2. The second-order valence-corrected chi connectivity index (χ2v) is 6.67. The van der Waals surface area contributed by atoms with Crippen LogP contribution in [0.2, 0.25) is 0 Å². The van der Waals surface area contributed by atoms with Crippen molar-refractivity contribution >= 4 is 22.5 Å². The van der Waals surface area contributed by atoms with Gasteiger partial charge in [0.05, 0.1) is 12.6 Å². The summed E-state index contributed by atoms with van der Waals surface area (Å²) in [6.45, 7) is 1.37. The van der Waals surface area contributed by atoms with Gasteiger partial charge in [0.15, 0.2) is 5.78 Å². The molecule has 7 nitrogen and oxygen atoms in total. The van der Waals surface area contributed by atoms with E-state index in [4.69, 9.17) is 9.47 Å². The van der Waals surface area contributed by atoms with E-state index in [2.05, 4.69) is 0 Å². The molecule has 0 aliphatic heterocycles. The zero-order chi connectivity index (χ0) is 21.1. The van der Waals surface area contributed by atoms with Crippen molar-refractivity contribution < 1.29 is 24.2 Å². The van der Waals surface area contributed by atoms with Gasteiger partial charge in [-0.1, -0.05) is 0 Å². The molecule has 1 N–H and O–H groups in total. The van der Waals surface area contributed by atoms with Gasteiger partial charge in [-0.15, -0.1) is 0 Å². The highest BCUT2D eigenvalue weighted by Crippen LogP contribution is 2.32. The molecule has 2 aromatic carbocycles. The third-order valence-corrected chi connectivity index (χ3v) is 4.62. The van der Waals surface area contributed by atoms with Crippen LogP contribution in [0.3, 0.4) is 0 Å². The summed E-state index contributed by atoms with van der Waals surface area (Å²) < 4.78 is 12.2. The van der Waals surface area contributed by atoms with Crippen LogP contribution in [0, 0.1) is 0 Å². The van der Waals surface area contributed by atoms with Crippen molar-refractivity contribution in [2.24, 2.45) is 7.05 Å².